The molecule has 1 unspecified atom stereocenters. The molecule has 2 rings (SSSR count). The van der Waals surface area contributed by atoms with E-state index in [4.69, 9.17) is 23.7 Å². The highest BCUT2D eigenvalue weighted by molar-refractivity contribution is 5.68. The van der Waals surface area contributed by atoms with E-state index in [2.05, 4.69) is 0 Å². The first-order chi connectivity index (χ1) is 13.3. The van der Waals surface area contributed by atoms with Crippen molar-refractivity contribution < 1.29 is 43.2 Å². The second-order valence-electron chi connectivity index (χ2n) is 6.24. The second kappa shape index (κ2) is 10.2. The number of hydrogen-bond acceptors (Lipinski definition) is 9. The normalized spacial score (nSPS) is 26.9. The van der Waals surface area contributed by atoms with E-state index in [-0.39, 0.29) is 6.61 Å². The number of rotatable bonds is 7. The first-order valence-corrected chi connectivity index (χ1v) is 8.75. The van der Waals surface area contributed by atoms with Crippen LogP contribution in [-0.2, 0) is 44.7 Å². The first-order valence-electron chi connectivity index (χ1n) is 8.75. The number of aliphatic hydroxyl groups is 1. The summed E-state index contributed by atoms with van der Waals surface area (Å²) >= 11 is 0. The minimum absolute atomic E-state index is 0.103. The zero-order valence-corrected chi connectivity index (χ0v) is 15.9. The largest absolute Gasteiger partial charge is 0.457 e. The molecule has 1 aromatic rings. The van der Waals surface area contributed by atoms with Crippen molar-refractivity contribution in [1.82, 2.24) is 0 Å². The molecule has 0 radical (unpaired) electrons. The smallest absolute Gasteiger partial charge is 0.305 e. The van der Waals surface area contributed by atoms with Gasteiger partial charge in [0.25, 0.3) is 0 Å². The summed E-state index contributed by atoms with van der Waals surface area (Å²) in [5, 5.41) is 9.68. The van der Waals surface area contributed by atoms with Crippen LogP contribution in [0.4, 0.5) is 0 Å². The van der Waals surface area contributed by atoms with Crippen LogP contribution in [0.3, 0.4) is 0 Å². The van der Waals surface area contributed by atoms with Gasteiger partial charge in [0.1, 0.15) is 12.2 Å². The summed E-state index contributed by atoms with van der Waals surface area (Å²) in [6.45, 7) is 3.11. The molecule has 9 heteroatoms. The standard InChI is InChI=1S/C19H24O9/c1-11(21)25-16-15(9-20)28-19(27-13(3)23)18(26-12(2)22)17(16)24-10-14-7-5-4-6-8-14/h4-8,15-20H,9-10H2,1-3H3/t15-,16-,17+,18-,19?/m1/s1. The van der Waals surface area contributed by atoms with Gasteiger partial charge in [-0.25, -0.2) is 0 Å². The molecule has 1 fully saturated rings. The molecule has 0 spiro atoms. The SMILES string of the molecule is CC(=O)OC1O[C@H](CO)[C@@H](OC(C)=O)[C@H](OCc2ccccc2)[C@H]1OC(C)=O. The maximum atomic E-state index is 11.6. The summed E-state index contributed by atoms with van der Waals surface area (Å²) < 4.78 is 27.1. The predicted molar refractivity (Wildman–Crippen MR) is 93.6 cm³/mol. The van der Waals surface area contributed by atoms with Crippen LogP contribution in [0.1, 0.15) is 26.3 Å². The van der Waals surface area contributed by atoms with Gasteiger partial charge in [0.15, 0.2) is 12.2 Å². The summed E-state index contributed by atoms with van der Waals surface area (Å²) in [6, 6.07) is 9.16. The highest BCUT2D eigenvalue weighted by atomic mass is 16.7. The van der Waals surface area contributed by atoms with Crippen LogP contribution in [0.15, 0.2) is 30.3 Å². The number of esters is 3. The lowest BCUT2D eigenvalue weighted by atomic mass is 9.98. The Morgan fingerprint density at radius 1 is 0.893 bits per heavy atom. The maximum absolute atomic E-state index is 11.6. The highest BCUT2D eigenvalue weighted by Crippen LogP contribution is 2.30. The minimum Gasteiger partial charge on any atom is -0.457 e. The van der Waals surface area contributed by atoms with Crippen LogP contribution >= 0.6 is 0 Å². The van der Waals surface area contributed by atoms with Crippen molar-refractivity contribution in [2.24, 2.45) is 0 Å². The molecular weight excluding hydrogens is 372 g/mol. The quantitative estimate of drug-likeness (QED) is 0.525. The van der Waals surface area contributed by atoms with Gasteiger partial charge in [-0.2, -0.15) is 0 Å². The number of hydrogen-bond donors (Lipinski definition) is 1. The van der Waals surface area contributed by atoms with E-state index in [1.807, 2.05) is 30.3 Å². The summed E-state index contributed by atoms with van der Waals surface area (Å²) in [7, 11) is 0. The topological polar surface area (TPSA) is 118 Å². The number of carbonyl (C=O) groups excluding carboxylic acids is 3. The molecule has 1 aromatic carbocycles. The molecular formula is C19H24O9. The van der Waals surface area contributed by atoms with Crippen molar-refractivity contribution in [3.05, 3.63) is 35.9 Å². The molecule has 1 aliphatic rings. The molecule has 0 amide bonds. The summed E-state index contributed by atoms with van der Waals surface area (Å²) in [4.78, 5) is 34.6. The lowest BCUT2D eigenvalue weighted by molar-refractivity contribution is -0.305. The van der Waals surface area contributed by atoms with Gasteiger partial charge in [-0.3, -0.25) is 14.4 Å². The Morgan fingerprint density at radius 3 is 2.00 bits per heavy atom. The third kappa shape index (κ3) is 6.01. The molecule has 154 valence electrons. The van der Waals surface area contributed by atoms with Gasteiger partial charge in [0.05, 0.1) is 13.2 Å². The van der Waals surface area contributed by atoms with Gasteiger partial charge in [-0.1, -0.05) is 30.3 Å². The molecule has 0 bridgehead atoms. The Kier molecular flexibility index (Phi) is 7.91. The van der Waals surface area contributed by atoms with Gasteiger partial charge < -0.3 is 28.8 Å². The van der Waals surface area contributed by atoms with Crippen molar-refractivity contribution in [3.63, 3.8) is 0 Å². The van der Waals surface area contributed by atoms with Gasteiger partial charge >= 0.3 is 17.9 Å². The van der Waals surface area contributed by atoms with Gasteiger partial charge in [-0.05, 0) is 5.56 Å². The number of aliphatic hydroxyl groups excluding tert-OH is 1. The molecule has 1 saturated heterocycles. The Labute approximate surface area is 162 Å². The van der Waals surface area contributed by atoms with Crippen LogP contribution in [0.2, 0.25) is 0 Å². The molecule has 0 aromatic heterocycles. The number of carbonyl (C=O) groups is 3. The fourth-order valence-corrected chi connectivity index (χ4v) is 2.89. The molecule has 1 aliphatic heterocycles. The average Bonchev–Trinajstić information content (AvgIpc) is 2.62. The zero-order chi connectivity index (χ0) is 20.7. The Hall–Kier alpha value is -2.49. The van der Waals surface area contributed by atoms with E-state index in [1.54, 1.807) is 0 Å². The van der Waals surface area contributed by atoms with E-state index in [0.29, 0.717) is 0 Å². The van der Waals surface area contributed by atoms with Crippen molar-refractivity contribution in [3.8, 4) is 0 Å². The van der Waals surface area contributed by atoms with Gasteiger partial charge in [0.2, 0.25) is 6.29 Å². The predicted octanol–water partition coefficient (Wildman–Crippen LogP) is 0.715. The molecule has 0 saturated carbocycles. The first kappa shape index (κ1) is 21.8. The van der Waals surface area contributed by atoms with Crippen molar-refractivity contribution in [1.29, 1.82) is 0 Å². The molecule has 28 heavy (non-hydrogen) atoms. The van der Waals surface area contributed by atoms with Gasteiger partial charge in [0, 0.05) is 20.8 Å². The fraction of sp³-hybridized carbons (Fsp3) is 0.526. The van der Waals surface area contributed by atoms with Crippen LogP contribution in [0.5, 0.6) is 0 Å². The highest BCUT2D eigenvalue weighted by Gasteiger charge is 2.51. The van der Waals surface area contributed by atoms with E-state index < -0.39 is 55.2 Å². The van der Waals surface area contributed by atoms with E-state index >= 15 is 0 Å². The molecule has 1 heterocycles. The average molecular weight is 396 g/mol. The third-order valence-corrected chi connectivity index (χ3v) is 3.94. The molecule has 0 aliphatic carbocycles. The summed E-state index contributed by atoms with van der Waals surface area (Å²) in [6.07, 6.45) is -5.69. The Morgan fingerprint density at radius 2 is 1.46 bits per heavy atom. The van der Waals surface area contributed by atoms with Crippen LogP contribution in [0, 0.1) is 0 Å². The Balaban J connectivity index is 2.33. The van der Waals surface area contributed by atoms with Crippen molar-refractivity contribution in [2.75, 3.05) is 6.61 Å². The second-order valence-corrected chi connectivity index (χ2v) is 6.24. The lowest BCUT2D eigenvalue weighted by Gasteiger charge is -2.43. The van der Waals surface area contributed by atoms with Crippen LogP contribution < -0.4 is 0 Å². The van der Waals surface area contributed by atoms with Crippen molar-refractivity contribution in [2.45, 2.75) is 58.1 Å². The maximum Gasteiger partial charge on any atom is 0.305 e. The Bertz CT molecular complexity index is 675. The van der Waals surface area contributed by atoms with Crippen LogP contribution in [-0.4, -0.2) is 60.3 Å². The third-order valence-electron chi connectivity index (χ3n) is 3.94. The van der Waals surface area contributed by atoms with Gasteiger partial charge in [-0.15, -0.1) is 0 Å². The molecule has 5 atom stereocenters. The fourth-order valence-electron chi connectivity index (χ4n) is 2.89. The number of benzene rings is 1. The van der Waals surface area contributed by atoms with Crippen molar-refractivity contribution >= 4 is 17.9 Å². The molecule has 1 N–H and O–H groups in total. The monoisotopic (exact) mass is 396 g/mol. The van der Waals surface area contributed by atoms with E-state index in [1.165, 1.54) is 20.8 Å². The lowest BCUT2D eigenvalue weighted by Crippen LogP contribution is -2.62. The van der Waals surface area contributed by atoms with E-state index in [0.717, 1.165) is 5.56 Å². The zero-order valence-electron chi connectivity index (χ0n) is 15.9. The van der Waals surface area contributed by atoms with Crippen LogP contribution in [0.25, 0.3) is 0 Å². The summed E-state index contributed by atoms with van der Waals surface area (Å²) in [5.41, 5.74) is 0.821. The minimum atomic E-state index is -1.33. The van der Waals surface area contributed by atoms with E-state index in [9.17, 15) is 19.5 Å². The number of ether oxygens (including phenoxy) is 5. The molecule has 9 nitrogen and oxygen atoms in total. The summed E-state index contributed by atoms with van der Waals surface area (Å²) in [5.74, 6) is -1.97.